The van der Waals surface area contributed by atoms with E-state index >= 15 is 0 Å². The second-order valence-electron chi connectivity index (χ2n) is 10.6. The minimum absolute atomic E-state index is 0.124. The molecule has 42 heavy (non-hydrogen) atoms. The fraction of sp³-hybridized carbons (Fsp3) is 0.226. The summed E-state index contributed by atoms with van der Waals surface area (Å²) in [6.07, 6.45) is 13.0. The van der Waals surface area contributed by atoms with Crippen molar-refractivity contribution in [2.45, 2.75) is 44.7 Å². The number of nitrogens with one attached hydrogen (secondary N) is 2. The van der Waals surface area contributed by atoms with Crippen molar-refractivity contribution < 1.29 is 9.18 Å². The van der Waals surface area contributed by atoms with Crippen LogP contribution in [0.3, 0.4) is 0 Å². The van der Waals surface area contributed by atoms with Gasteiger partial charge in [-0.15, -0.1) is 0 Å². The van der Waals surface area contributed by atoms with E-state index in [0.717, 1.165) is 35.5 Å². The van der Waals surface area contributed by atoms with Crippen LogP contribution in [0.25, 0.3) is 28.0 Å². The molecule has 2 aromatic carbocycles. The minimum Gasteiger partial charge on any atom is -0.347 e. The minimum atomic E-state index is -0.403. The van der Waals surface area contributed by atoms with Gasteiger partial charge in [-0.2, -0.15) is 10.2 Å². The summed E-state index contributed by atoms with van der Waals surface area (Å²) in [5.74, 6) is 0.432. The number of halogens is 1. The van der Waals surface area contributed by atoms with Crippen LogP contribution in [-0.4, -0.2) is 45.4 Å². The van der Waals surface area contributed by atoms with Crippen molar-refractivity contribution >= 4 is 17.1 Å². The number of carbonyl (C=O) groups excluding carboxylic acids is 1. The largest absolute Gasteiger partial charge is 0.347 e. The van der Waals surface area contributed by atoms with Gasteiger partial charge in [0.25, 0.3) is 5.91 Å². The molecule has 1 aliphatic carbocycles. The molecule has 2 N–H and O–H groups in total. The first-order valence-electron chi connectivity index (χ1n) is 14.0. The monoisotopic (exact) mass is 561 g/mol. The molecule has 7 rings (SSSR count). The molecule has 0 spiro atoms. The van der Waals surface area contributed by atoms with E-state index in [9.17, 15) is 9.18 Å². The van der Waals surface area contributed by atoms with Crippen molar-refractivity contribution in [1.82, 2.24) is 44.8 Å². The van der Waals surface area contributed by atoms with Gasteiger partial charge >= 0.3 is 0 Å². The number of benzene rings is 2. The molecule has 11 heteroatoms. The summed E-state index contributed by atoms with van der Waals surface area (Å²) in [5.41, 5.74) is 5.19. The zero-order valence-corrected chi connectivity index (χ0v) is 22.7. The second-order valence-corrected chi connectivity index (χ2v) is 10.6. The van der Waals surface area contributed by atoms with Gasteiger partial charge in [0.15, 0.2) is 11.3 Å². The highest BCUT2D eigenvalue weighted by Gasteiger charge is 2.23. The molecule has 4 aromatic heterocycles. The Hall–Kier alpha value is -5.19. The third-order valence-corrected chi connectivity index (χ3v) is 7.66. The predicted molar refractivity (Wildman–Crippen MR) is 154 cm³/mol. The van der Waals surface area contributed by atoms with E-state index in [1.807, 2.05) is 41.3 Å². The third kappa shape index (κ3) is 5.28. The highest BCUT2D eigenvalue weighted by Crippen LogP contribution is 2.33. The fourth-order valence-electron chi connectivity index (χ4n) is 5.54. The highest BCUT2D eigenvalue weighted by molar-refractivity contribution is 6.02. The van der Waals surface area contributed by atoms with E-state index in [1.165, 1.54) is 31.3 Å². The molecule has 0 radical (unpaired) electrons. The van der Waals surface area contributed by atoms with Crippen LogP contribution in [0.5, 0.6) is 0 Å². The normalized spacial score (nSPS) is 13.6. The third-order valence-electron chi connectivity index (χ3n) is 7.66. The second kappa shape index (κ2) is 11.0. The maximum atomic E-state index is 14.7. The number of rotatable bonds is 8. The van der Waals surface area contributed by atoms with Gasteiger partial charge in [-0.1, -0.05) is 43.2 Å². The standard InChI is InChI=1S/C31H28FN9O/c32-25-11-21(13-33-31(42)28-27-30(35-19-34-28)39-29(38-27)22-8-4-5-9-22)10-23(12-25)24-14-37-41(17-24)26-15-36-40(18-26)16-20-6-2-1-3-7-20/h1-3,6-7,10-12,14-15,17-19,22H,4-5,8-9,13,16H2,(H,33,42)(H,34,35,38,39). The number of amides is 1. The van der Waals surface area contributed by atoms with Crippen LogP contribution in [0.1, 0.15) is 59.0 Å². The van der Waals surface area contributed by atoms with Crippen LogP contribution >= 0.6 is 0 Å². The number of fused-ring (bicyclic) bond motifs is 1. The van der Waals surface area contributed by atoms with Crippen LogP contribution in [0.4, 0.5) is 4.39 Å². The van der Waals surface area contributed by atoms with E-state index in [-0.39, 0.29) is 18.1 Å². The van der Waals surface area contributed by atoms with E-state index in [4.69, 9.17) is 0 Å². The van der Waals surface area contributed by atoms with Gasteiger partial charge in [-0.25, -0.2) is 24.0 Å². The lowest BCUT2D eigenvalue weighted by Gasteiger charge is -2.08. The molecule has 6 aromatic rings. The first-order chi connectivity index (χ1) is 20.6. The van der Waals surface area contributed by atoms with Crippen molar-refractivity contribution in [1.29, 1.82) is 0 Å². The summed E-state index contributed by atoms with van der Waals surface area (Å²) >= 11 is 0. The first kappa shape index (κ1) is 25.8. The maximum absolute atomic E-state index is 14.7. The van der Waals surface area contributed by atoms with E-state index in [2.05, 4.69) is 47.6 Å². The molecule has 1 fully saturated rings. The Kier molecular flexibility index (Phi) is 6.75. The summed E-state index contributed by atoms with van der Waals surface area (Å²) in [7, 11) is 0. The van der Waals surface area contributed by atoms with E-state index in [1.54, 1.807) is 17.1 Å². The summed E-state index contributed by atoms with van der Waals surface area (Å²) in [6.45, 7) is 0.773. The van der Waals surface area contributed by atoms with Crippen LogP contribution < -0.4 is 5.32 Å². The average Bonchev–Trinajstić information content (AvgIpc) is 3.82. The Morgan fingerprint density at radius 3 is 2.69 bits per heavy atom. The summed E-state index contributed by atoms with van der Waals surface area (Å²) in [5, 5.41) is 11.8. The first-order valence-corrected chi connectivity index (χ1v) is 14.0. The van der Waals surface area contributed by atoms with Crippen LogP contribution in [0.2, 0.25) is 0 Å². The molecule has 1 amide bonds. The van der Waals surface area contributed by atoms with Crippen LogP contribution in [0.15, 0.2) is 79.6 Å². The molecular weight excluding hydrogens is 533 g/mol. The number of hydrogen-bond acceptors (Lipinski definition) is 6. The van der Waals surface area contributed by atoms with Gasteiger partial charge in [-0.3, -0.25) is 9.48 Å². The molecule has 0 aliphatic heterocycles. The van der Waals surface area contributed by atoms with Gasteiger partial charge in [0.2, 0.25) is 0 Å². The molecule has 1 aliphatic rings. The van der Waals surface area contributed by atoms with Gasteiger partial charge < -0.3 is 10.3 Å². The Morgan fingerprint density at radius 1 is 0.976 bits per heavy atom. The fourth-order valence-corrected chi connectivity index (χ4v) is 5.54. The number of H-pyrrole nitrogens is 1. The highest BCUT2D eigenvalue weighted by atomic mass is 19.1. The zero-order chi connectivity index (χ0) is 28.5. The molecule has 10 nitrogen and oxygen atoms in total. The number of hydrogen-bond donors (Lipinski definition) is 2. The van der Waals surface area contributed by atoms with Crippen molar-refractivity contribution in [3.63, 3.8) is 0 Å². The summed E-state index contributed by atoms with van der Waals surface area (Å²) < 4.78 is 18.2. The topological polar surface area (TPSA) is 119 Å². The molecule has 0 unspecified atom stereocenters. The van der Waals surface area contributed by atoms with Crippen molar-refractivity contribution in [2.75, 3.05) is 0 Å². The Bertz CT molecular complexity index is 1870. The summed E-state index contributed by atoms with van der Waals surface area (Å²) in [6, 6.07) is 14.8. The van der Waals surface area contributed by atoms with E-state index < -0.39 is 5.82 Å². The zero-order valence-electron chi connectivity index (χ0n) is 22.7. The van der Waals surface area contributed by atoms with Crippen LogP contribution in [-0.2, 0) is 13.1 Å². The Morgan fingerprint density at radius 2 is 1.83 bits per heavy atom. The van der Waals surface area contributed by atoms with Crippen LogP contribution in [0, 0.1) is 5.82 Å². The number of nitrogens with zero attached hydrogens (tertiary/aromatic N) is 7. The van der Waals surface area contributed by atoms with Gasteiger partial charge in [0, 0.05) is 24.2 Å². The van der Waals surface area contributed by atoms with Crippen molar-refractivity contribution in [3.8, 4) is 16.8 Å². The van der Waals surface area contributed by atoms with Gasteiger partial charge in [-0.05, 0) is 47.7 Å². The Balaban J connectivity index is 1.06. The Labute approximate surface area is 240 Å². The molecule has 210 valence electrons. The molecule has 4 heterocycles. The molecule has 0 bridgehead atoms. The predicted octanol–water partition coefficient (Wildman–Crippen LogP) is 5.18. The van der Waals surface area contributed by atoms with Gasteiger partial charge in [0.05, 0.1) is 25.1 Å². The molecule has 0 saturated heterocycles. The molecular formula is C31H28FN9O. The number of carbonyl (C=O) groups is 1. The van der Waals surface area contributed by atoms with Crippen molar-refractivity contribution in [3.05, 3.63) is 108 Å². The lowest BCUT2D eigenvalue weighted by molar-refractivity contribution is 0.0947. The molecule has 1 saturated carbocycles. The van der Waals surface area contributed by atoms with Crippen molar-refractivity contribution in [2.24, 2.45) is 0 Å². The average molecular weight is 562 g/mol. The smallest absolute Gasteiger partial charge is 0.272 e. The lowest BCUT2D eigenvalue weighted by atomic mass is 10.1. The number of aromatic amines is 1. The number of aromatic nitrogens is 8. The summed E-state index contributed by atoms with van der Waals surface area (Å²) in [4.78, 5) is 29.5. The lowest BCUT2D eigenvalue weighted by Crippen LogP contribution is -2.24. The quantitative estimate of drug-likeness (QED) is 0.264. The number of imidazole rings is 1. The van der Waals surface area contributed by atoms with E-state index in [0.29, 0.717) is 34.8 Å². The molecule has 0 atom stereocenters. The maximum Gasteiger partial charge on any atom is 0.272 e. The van der Waals surface area contributed by atoms with Gasteiger partial charge in [0.1, 0.15) is 29.2 Å². The SMILES string of the molecule is O=C(NCc1cc(F)cc(-c2cnn(-c3cnn(Cc4ccccc4)c3)c2)c1)c1ncnc2nc(C3CCCC3)[nH]c12.